The average Bonchev–Trinajstić information content (AvgIpc) is 2.61. The lowest BCUT2D eigenvalue weighted by molar-refractivity contribution is -0.137. The van der Waals surface area contributed by atoms with Crippen molar-refractivity contribution in [1.82, 2.24) is 0 Å². The number of rotatable bonds is 5. The van der Waals surface area contributed by atoms with Crippen LogP contribution in [-0.4, -0.2) is 13.1 Å². The van der Waals surface area contributed by atoms with Crippen molar-refractivity contribution in [3.8, 4) is 6.07 Å². The normalized spacial score (nSPS) is 11.5. The maximum atomic E-state index is 12.9. The highest BCUT2D eigenvalue weighted by Gasteiger charge is 2.33. The van der Waals surface area contributed by atoms with E-state index >= 15 is 0 Å². The Morgan fingerprint density at radius 2 is 1.52 bits per heavy atom. The van der Waals surface area contributed by atoms with Crippen molar-refractivity contribution in [1.29, 1.82) is 5.26 Å². The van der Waals surface area contributed by atoms with E-state index in [-0.39, 0.29) is 5.69 Å². The zero-order valence-corrected chi connectivity index (χ0v) is 13.9. The number of nitrogens with zero attached hydrogens (tertiary/aromatic N) is 4. The second-order valence-electron chi connectivity index (χ2n) is 5.23. The summed E-state index contributed by atoms with van der Waals surface area (Å²) in [6.45, 7) is 5.87. The number of halogens is 3. The van der Waals surface area contributed by atoms with E-state index in [1.165, 1.54) is 12.1 Å². The van der Waals surface area contributed by atoms with Crippen molar-refractivity contribution in [3.63, 3.8) is 0 Å². The van der Waals surface area contributed by atoms with Gasteiger partial charge >= 0.3 is 6.18 Å². The maximum absolute atomic E-state index is 12.9. The van der Waals surface area contributed by atoms with Gasteiger partial charge in [0.05, 0.1) is 28.6 Å². The summed E-state index contributed by atoms with van der Waals surface area (Å²) in [6, 6.07) is 12.1. The molecule has 25 heavy (non-hydrogen) atoms. The van der Waals surface area contributed by atoms with E-state index < -0.39 is 17.3 Å². The molecular formula is C18H17F3N4. The summed E-state index contributed by atoms with van der Waals surface area (Å²) in [5, 5.41) is 16.6. The van der Waals surface area contributed by atoms with E-state index in [9.17, 15) is 13.2 Å². The van der Waals surface area contributed by atoms with Crippen LogP contribution >= 0.6 is 0 Å². The van der Waals surface area contributed by atoms with Gasteiger partial charge in [0.25, 0.3) is 0 Å². The third-order valence-electron chi connectivity index (χ3n) is 3.69. The Morgan fingerprint density at radius 1 is 0.960 bits per heavy atom. The number of anilines is 1. The van der Waals surface area contributed by atoms with Crippen molar-refractivity contribution in [2.75, 3.05) is 18.0 Å². The molecule has 0 N–H and O–H groups in total. The Bertz CT molecular complexity index is 785. The zero-order valence-electron chi connectivity index (χ0n) is 13.9. The van der Waals surface area contributed by atoms with Gasteiger partial charge in [0.15, 0.2) is 0 Å². The Morgan fingerprint density at radius 3 is 2.04 bits per heavy atom. The first-order valence-corrected chi connectivity index (χ1v) is 7.77. The highest BCUT2D eigenvalue weighted by molar-refractivity contribution is 5.53. The molecule has 0 heterocycles. The highest BCUT2D eigenvalue weighted by Crippen LogP contribution is 2.34. The summed E-state index contributed by atoms with van der Waals surface area (Å²) < 4.78 is 38.8. The molecule has 2 rings (SSSR count). The summed E-state index contributed by atoms with van der Waals surface area (Å²) in [4.78, 5) is 2.16. The van der Waals surface area contributed by atoms with Crippen molar-refractivity contribution < 1.29 is 13.2 Å². The molecule has 7 heteroatoms. The van der Waals surface area contributed by atoms with Crippen LogP contribution in [-0.2, 0) is 6.18 Å². The number of alkyl halides is 3. The summed E-state index contributed by atoms with van der Waals surface area (Å²) in [6.07, 6.45) is -4.61. The average molecular weight is 346 g/mol. The van der Waals surface area contributed by atoms with E-state index in [2.05, 4.69) is 29.0 Å². The van der Waals surface area contributed by atoms with Gasteiger partial charge in [-0.2, -0.15) is 28.7 Å². The standard InChI is InChI=1S/C18H17F3N4/c1-3-25(4-2)16-9-7-14(8-10-16)23-24-15-6-5-13(12-22)17(11-15)18(19,20)21/h5-11H,3-4H2,1-2H3. The van der Waals surface area contributed by atoms with Gasteiger partial charge in [-0.25, -0.2) is 0 Å². The van der Waals surface area contributed by atoms with E-state index in [4.69, 9.17) is 5.26 Å². The first-order chi connectivity index (χ1) is 11.9. The monoisotopic (exact) mass is 346 g/mol. The van der Waals surface area contributed by atoms with Gasteiger partial charge in [-0.1, -0.05) is 0 Å². The zero-order chi connectivity index (χ0) is 18.4. The van der Waals surface area contributed by atoms with Crippen LogP contribution in [0.5, 0.6) is 0 Å². The van der Waals surface area contributed by atoms with Gasteiger partial charge in [0.1, 0.15) is 0 Å². The van der Waals surface area contributed by atoms with E-state index in [0.29, 0.717) is 5.69 Å². The van der Waals surface area contributed by atoms with Crippen LogP contribution in [0.15, 0.2) is 52.7 Å². The molecule has 0 atom stereocenters. The molecule has 2 aromatic carbocycles. The molecule has 0 amide bonds. The largest absolute Gasteiger partial charge is 0.417 e. The fourth-order valence-corrected chi connectivity index (χ4v) is 2.36. The minimum atomic E-state index is -4.61. The first-order valence-electron chi connectivity index (χ1n) is 7.77. The van der Waals surface area contributed by atoms with Crippen molar-refractivity contribution in [2.45, 2.75) is 20.0 Å². The topological polar surface area (TPSA) is 51.8 Å². The summed E-state index contributed by atoms with van der Waals surface area (Å²) in [5.41, 5.74) is 0.174. The minimum Gasteiger partial charge on any atom is -0.372 e. The van der Waals surface area contributed by atoms with Gasteiger partial charge in [-0.15, -0.1) is 0 Å². The van der Waals surface area contributed by atoms with E-state index in [1.807, 2.05) is 12.1 Å². The molecule has 0 aliphatic rings. The van der Waals surface area contributed by atoms with Crippen LogP contribution in [0.4, 0.5) is 30.2 Å². The van der Waals surface area contributed by atoms with Crippen LogP contribution in [0.3, 0.4) is 0 Å². The van der Waals surface area contributed by atoms with Crippen LogP contribution < -0.4 is 4.90 Å². The lowest BCUT2D eigenvalue weighted by Crippen LogP contribution is -2.21. The molecule has 0 aliphatic carbocycles. The number of azo groups is 1. The molecule has 0 radical (unpaired) electrons. The predicted octanol–water partition coefficient (Wildman–Crippen LogP) is 5.84. The Balaban J connectivity index is 2.23. The van der Waals surface area contributed by atoms with E-state index in [0.717, 1.165) is 30.9 Å². The quantitative estimate of drug-likeness (QED) is 0.639. The van der Waals surface area contributed by atoms with Crippen LogP contribution in [0.1, 0.15) is 25.0 Å². The lowest BCUT2D eigenvalue weighted by atomic mass is 10.1. The molecule has 0 saturated carbocycles. The molecule has 0 unspecified atom stereocenters. The third-order valence-corrected chi connectivity index (χ3v) is 3.69. The molecule has 0 bridgehead atoms. The Kier molecular flexibility index (Phi) is 5.75. The fraction of sp³-hybridized carbons (Fsp3) is 0.278. The van der Waals surface area contributed by atoms with Crippen LogP contribution in [0.25, 0.3) is 0 Å². The lowest BCUT2D eigenvalue weighted by Gasteiger charge is -2.20. The third kappa shape index (κ3) is 4.57. The SMILES string of the molecule is CCN(CC)c1ccc(N=Nc2ccc(C#N)c(C(F)(F)F)c2)cc1. The van der Waals surface area contributed by atoms with Crippen molar-refractivity contribution >= 4 is 17.1 Å². The predicted molar refractivity (Wildman–Crippen MR) is 90.3 cm³/mol. The molecule has 0 aromatic heterocycles. The molecule has 0 fully saturated rings. The van der Waals surface area contributed by atoms with Crippen molar-refractivity contribution in [2.24, 2.45) is 10.2 Å². The smallest absolute Gasteiger partial charge is 0.372 e. The molecule has 130 valence electrons. The Hall–Kier alpha value is -2.88. The van der Waals surface area contributed by atoms with E-state index in [1.54, 1.807) is 12.1 Å². The second-order valence-corrected chi connectivity index (χ2v) is 5.23. The second kappa shape index (κ2) is 7.79. The molecule has 0 spiro atoms. The van der Waals surface area contributed by atoms with Crippen LogP contribution in [0, 0.1) is 11.3 Å². The molecule has 0 aliphatic heterocycles. The maximum Gasteiger partial charge on any atom is 0.417 e. The number of benzene rings is 2. The summed E-state index contributed by atoms with van der Waals surface area (Å²) in [5.74, 6) is 0. The van der Waals surface area contributed by atoms with Gasteiger partial charge < -0.3 is 4.90 Å². The van der Waals surface area contributed by atoms with Crippen LogP contribution in [0.2, 0.25) is 0 Å². The first kappa shape index (κ1) is 18.5. The van der Waals surface area contributed by atoms with Gasteiger partial charge in [0, 0.05) is 18.8 Å². The number of nitriles is 1. The molecule has 4 nitrogen and oxygen atoms in total. The summed E-state index contributed by atoms with van der Waals surface area (Å²) >= 11 is 0. The van der Waals surface area contributed by atoms with Gasteiger partial charge in [-0.3, -0.25) is 0 Å². The molecule has 2 aromatic rings. The molecular weight excluding hydrogens is 329 g/mol. The van der Waals surface area contributed by atoms with Gasteiger partial charge in [-0.05, 0) is 56.3 Å². The van der Waals surface area contributed by atoms with Crippen molar-refractivity contribution in [3.05, 3.63) is 53.6 Å². The minimum absolute atomic E-state index is 0.0409. The highest BCUT2D eigenvalue weighted by atomic mass is 19.4. The number of hydrogen-bond donors (Lipinski definition) is 0. The Labute approximate surface area is 144 Å². The number of hydrogen-bond acceptors (Lipinski definition) is 4. The fourth-order valence-electron chi connectivity index (χ4n) is 2.36. The molecule has 0 saturated heterocycles. The summed E-state index contributed by atoms with van der Waals surface area (Å²) in [7, 11) is 0. The van der Waals surface area contributed by atoms with Gasteiger partial charge in [0.2, 0.25) is 0 Å².